The van der Waals surface area contributed by atoms with Gasteiger partial charge in [0.05, 0.1) is 49.1 Å². The summed E-state index contributed by atoms with van der Waals surface area (Å²) in [6.45, 7) is 7.50. The summed E-state index contributed by atoms with van der Waals surface area (Å²) < 4.78 is 10.8. The maximum absolute atomic E-state index is 14.2. The van der Waals surface area contributed by atoms with Gasteiger partial charge in [0.2, 0.25) is 11.8 Å². The smallest absolute Gasteiger partial charge is 0.407 e. The highest BCUT2D eigenvalue weighted by atomic mass is 16.5. The molecule has 62 heavy (non-hydrogen) atoms. The number of aromatic nitrogens is 4. The lowest BCUT2D eigenvalue weighted by atomic mass is 9.98. The molecule has 0 saturated carbocycles. The first-order chi connectivity index (χ1) is 30.0. The molecule has 4 aromatic carbocycles. The molecule has 0 spiro atoms. The predicted octanol–water partition coefficient (Wildman–Crippen LogP) is 8.31. The maximum Gasteiger partial charge on any atom is 0.407 e. The molecule has 5 atom stereocenters. The highest BCUT2D eigenvalue weighted by Gasteiger charge is 2.42. The number of fused-ring (bicyclic) bond motifs is 1. The topological polar surface area (TPSA) is 149 Å². The van der Waals surface area contributed by atoms with Gasteiger partial charge in [0.1, 0.15) is 23.7 Å². The fourth-order valence-corrected chi connectivity index (χ4v) is 9.04. The molecule has 0 aliphatic carbocycles. The van der Waals surface area contributed by atoms with Crippen LogP contribution < -0.4 is 5.32 Å². The number of rotatable bonds is 13. The van der Waals surface area contributed by atoms with Gasteiger partial charge in [-0.3, -0.25) is 14.5 Å². The normalized spacial score (nSPS) is 18.7. The lowest BCUT2D eigenvalue weighted by Gasteiger charge is -2.31. The molecule has 1 unspecified atom stereocenters. The number of aromatic amines is 2. The Labute approximate surface area is 362 Å². The van der Waals surface area contributed by atoms with Crippen molar-refractivity contribution in [1.82, 2.24) is 40.0 Å². The molecule has 3 amide bonds. The monoisotopic (exact) mass is 836 g/mol. The lowest BCUT2D eigenvalue weighted by molar-refractivity contribution is -0.138. The average Bonchev–Trinajstić information content (AvgIpc) is 4.12. The number of alkyl carbamates (subject to hydrolysis) is 1. The van der Waals surface area contributed by atoms with Crippen LogP contribution in [-0.2, 0) is 19.1 Å². The number of carbonyl (C=O) groups is 3. The van der Waals surface area contributed by atoms with Crippen LogP contribution in [-0.4, -0.2) is 106 Å². The van der Waals surface area contributed by atoms with Crippen molar-refractivity contribution in [1.29, 1.82) is 0 Å². The minimum atomic E-state index is -0.685. The molecule has 0 radical (unpaired) electrons. The second-order valence-corrected chi connectivity index (χ2v) is 16.9. The Bertz CT molecular complexity index is 2510. The molecule has 8 rings (SSSR count). The fourth-order valence-electron chi connectivity index (χ4n) is 9.04. The van der Waals surface area contributed by atoms with Gasteiger partial charge in [-0.2, -0.15) is 0 Å². The van der Waals surface area contributed by atoms with Gasteiger partial charge in [-0.1, -0.05) is 92.7 Å². The van der Waals surface area contributed by atoms with Crippen LogP contribution in [0.4, 0.5) is 4.79 Å². The number of ether oxygens (including phenoxy) is 2. The van der Waals surface area contributed by atoms with Crippen LogP contribution in [0.2, 0.25) is 0 Å². The number of imidazole rings is 2. The molecule has 2 aliphatic rings. The number of carbonyl (C=O) groups excluding carboxylic acids is 3. The summed E-state index contributed by atoms with van der Waals surface area (Å²) in [7, 11) is 5.18. The third-order valence-electron chi connectivity index (χ3n) is 12.2. The number of methoxy groups -OCH3 is 1. The number of hydrogen-bond donors (Lipinski definition) is 3. The van der Waals surface area contributed by atoms with Crippen molar-refractivity contribution >= 4 is 28.7 Å². The average molecular weight is 837 g/mol. The van der Waals surface area contributed by atoms with Crippen LogP contribution in [0.5, 0.6) is 0 Å². The van der Waals surface area contributed by atoms with Crippen molar-refractivity contribution < 1.29 is 23.9 Å². The van der Waals surface area contributed by atoms with Crippen molar-refractivity contribution in [2.45, 2.75) is 70.3 Å². The first-order valence-electron chi connectivity index (χ1n) is 21.6. The molecule has 13 nitrogen and oxygen atoms in total. The van der Waals surface area contributed by atoms with Crippen molar-refractivity contribution in [2.24, 2.45) is 5.92 Å². The Hall–Kier alpha value is -6.31. The van der Waals surface area contributed by atoms with E-state index in [2.05, 4.69) is 75.9 Å². The quantitative estimate of drug-likeness (QED) is 0.105. The number of H-pyrrole nitrogens is 2. The van der Waals surface area contributed by atoms with Gasteiger partial charge in [-0.05, 0) is 84.9 Å². The maximum atomic E-state index is 14.2. The Morgan fingerprint density at radius 2 is 1.40 bits per heavy atom. The van der Waals surface area contributed by atoms with Gasteiger partial charge in [0, 0.05) is 31.7 Å². The number of nitrogens with one attached hydrogen (secondary N) is 3. The first kappa shape index (κ1) is 42.4. The molecule has 0 bridgehead atoms. The molecule has 4 heterocycles. The Morgan fingerprint density at radius 3 is 2.05 bits per heavy atom. The molecular formula is C49H56N8O5. The van der Waals surface area contributed by atoms with Crippen LogP contribution in [0.15, 0.2) is 103 Å². The lowest BCUT2D eigenvalue weighted by Crippen LogP contribution is -2.51. The second-order valence-electron chi connectivity index (χ2n) is 16.9. The largest absolute Gasteiger partial charge is 0.453 e. The molecule has 2 fully saturated rings. The van der Waals surface area contributed by atoms with Crippen LogP contribution in [0, 0.1) is 5.92 Å². The number of likely N-dealkylation sites (N-methyl/N-ethyl adjacent to an activating group) is 1. The van der Waals surface area contributed by atoms with Crippen molar-refractivity contribution in [3.05, 3.63) is 121 Å². The Balaban J connectivity index is 0.959. The summed E-state index contributed by atoms with van der Waals surface area (Å²) in [4.78, 5) is 62.2. The van der Waals surface area contributed by atoms with Crippen molar-refractivity contribution in [3.63, 3.8) is 0 Å². The van der Waals surface area contributed by atoms with E-state index in [9.17, 15) is 14.4 Å². The van der Waals surface area contributed by atoms with Crippen LogP contribution >= 0.6 is 0 Å². The predicted molar refractivity (Wildman–Crippen MR) is 240 cm³/mol. The Morgan fingerprint density at radius 1 is 0.790 bits per heavy atom. The van der Waals surface area contributed by atoms with E-state index in [-0.39, 0.29) is 35.9 Å². The van der Waals surface area contributed by atoms with Gasteiger partial charge >= 0.3 is 6.09 Å². The van der Waals surface area contributed by atoms with Crippen molar-refractivity contribution in [3.8, 4) is 33.6 Å². The van der Waals surface area contributed by atoms with E-state index in [4.69, 9.17) is 19.4 Å². The van der Waals surface area contributed by atoms with Gasteiger partial charge in [0.25, 0.3) is 0 Å². The molecule has 322 valence electrons. The first-order valence-corrected chi connectivity index (χ1v) is 21.6. The highest BCUT2D eigenvalue weighted by Crippen LogP contribution is 2.38. The SMILES string of the molecule is CCO[C@H]1C[C@@H](c2ncc(-c3ccc(-c4ccc5cc(-c6cnc([C@@H]7CCCN7C(=O)C(NC(=O)OC)C(C)C)[nH]6)ccc5c4)cc3)[nH]2)N(C(=O)[C@@H](c2ccccc2)N(C)C)C1. The third kappa shape index (κ3) is 8.73. The van der Waals surface area contributed by atoms with Gasteiger partial charge in [-0.25, -0.2) is 14.8 Å². The number of likely N-dealkylation sites (tertiary alicyclic amines) is 2. The summed E-state index contributed by atoms with van der Waals surface area (Å²) in [5, 5.41) is 4.93. The number of hydrogen-bond acceptors (Lipinski definition) is 8. The van der Waals surface area contributed by atoms with E-state index in [0.29, 0.717) is 26.1 Å². The standard InChI is InChI=1S/C49H56N8O5/c1-7-62-38-26-42(57(29-38)48(59)44(55(4)5)33-12-9-8-10-13-33)46-51-27-39(52-46)32-17-15-31(16-18-32)34-19-20-36-25-37(22-21-35(36)24-34)40-28-50-45(53-40)41-14-11-23-56(41)47(58)43(30(2)3)54-49(60)61-6/h8-10,12-13,15-22,24-25,27-28,30,38,41-44H,7,11,14,23,26,29H2,1-6H3,(H,50,53)(H,51,52)(H,54,60)/t38-,41-,42-,43?,44+/m0/s1. The van der Waals surface area contributed by atoms with E-state index in [1.807, 2.05) is 92.3 Å². The number of benzene rings is 4. The summed E-state index contributed by atoms with van der Waals surface area (Å²) >= 11 is 0. The zero-order chi connectivity index (χ0) is 43.5. The second kappa shape index (κ2) is 18.3. The third-order valence-corrected chi connectivity index (χ3v) is 12.2. The van der Waals surface area contributed by atoms with Gasteiger partial charge in [0.15, 0.2) is 0 Å². The van der Waals surface area contributed by atoms with E-state index < -0.39 is 18.2 Å². The summed E-state index contributed by atoms with van der Waals surface area (Å²) in [6, 6.07) is 29.7. The highest BCUT2D eigenvalue weighted by molar-refractivity contribution is 5.91. The molecular weight excluding hydrogens is 781 g/mol. The van der Waals surface area contributed by atoms with Crippen LogP contribution in [0.1, 0.15) is 75.4 Å². The summed E-state index contributed by atoms with van der Waals surface area (Å²) in [5.74, 6) is 1.29. The van der Waals surface area contributed by atoms with Crippen LogP contribution in [0.25, 0.3) is 44.4 Å². The molecule has 2 saturated heterocycles. The van der Waals surface area contributed by atoms with Gasteiger partial charge in [-0.15, -0.1) is 0 Å². The van der Waals surface area contributed by atoms with Crippen LogP contribution in [0.3, 0.4) is 0 Å². The molecule has 13 heteroatoms. The number of amides is 3. The van der Waals surface area contributed by atoms with E-state index >= 15 is 0 Å². The summed E-state index contributed by atoms with van der Waals surface area (Å²) in [6.07, 6.45) is 5.31. The van der Waals surface area contributed by atoms with E-state index in [1.54, 1.807) is 0 Å². The van der Waals surface area contributed by atoms with Gasteiger partial charge < -0.3 is 34.6 Å². The zero-order valence-corrected chi connectivity index (χ0v) is 36.3. The summed E-state index contributed by atoms with van der Waals surface area (Å²) in [5.41, 5.74) is 6.93. The fraction of sp³-hybridized carbons (Fsp3) is 0.367. The molecule has 3 N–H and O–H groups in total. The number of nitrogens with zero attached hydrogens (tertiary/aromatic N) is 5. The zero-order valence-electron chi connectivity index (χ0n) is 36.3. The van der Waals surface area contributed by atoms with Crippen molar-refractivity contribution in [2.75, 3.05) is 40.9 Å². The molecule has 2 aromatic heterocycles. The molecule has 6 aromatic rings. The molecule has 2 aliphatic heterocycles. The van der Waals surface area contributed by atoms with E-state index in [0.717, 1.165) is 74.5 Å². The minimum absolute atomic E-state index is 0.0339. The van der Waals surface area contributed by atoms with E-state index in [1.165, 1.54) is 7.11 Å². The Kier molecular flexibility index (Phi) is 12.5. The minimum Gasteiger partial charge on any atom is -0.453 e.